The molecule has 0 unspecified atom stereocenters. The molecule has 5 heavy (non-hydrogen) atoms. The van der Waals surface area contributed by atoms with E-state index in [0.717, 1.165) is 0 Å². The molecule has 0 saturated heterocycles. The summed E-state index contributed by atoms with van der Waals surface area (Å²) in [7, 11) is -2.25. The van der Waals surface area contributed by atoms with Gasteiger partial charge in [0.2, 0.25) is 0 Å². The Balaban J connectivity index is 0. The average molecular weight is 198 g/mol. The molecule has 0 N–H and O–H groups in total. The quantitative estimate of drug-likeness (QED) is 0.337. The molecular formula is FeO2PSe. The minimum atomic E-state index is -2.25. The van der Waals surface area contributed by atoms with Gasteiger partial charge >= 0.3 is 49.5 Å². The molecule has 0 aliphatic rings. The van der Waals surface area contributed by atoms with Crippen LogP contribution in [0, 0.1) is 0 Å². The summed E-state index contributed by atoms with van der Waals surface area (Å²) in [5.41, 5.74) is 0. The maximum absolute atomic E-state index is 8.98. The Bertz CT molecular complexity index is 14.4. The van der Waals surface area contributed by atoms with Gasteiger partial charge in [-0.3, -0.25) is 0 Å². The molecule has 0 amide bonds. The topological polar surface area (TPSA) is 46.1 Å². The summed E-state index contributed by atoms with van der Waals surface area (Å²) in [4.78, 5) is 18.0. The molecule has 0 rings (SSSR count). The minimum absolute atomic E-state index is 0. The van der Waals surface area contributed by atoms with Crippen LogP contribution >= 0.6 is 7.07 Å². The Hall–Kier alpha value is 1.39. The first-order chi connectivity index (χ1) is 1.73. The van der Waals surface area contributed by atoms with Crippen LogP contribution in [-0.4, -0.2) is 15.6 Å². The van der Waals surface area contributed by atoms with Crippen LogP contribution in [0.4, 0.5) is 0 Å². The van der Waals surface area contributed by atoms with E-state index in [2.05, 4.69) is 0 Å². The summed E-state index contributed by atoms with van der Waals surface area (Å²) in [6, 6.07) is 0. The fourth-order valence-corrected chi connectivity index (χ4v) is 0. The predicted molar refractivity (Wildman–Crippen MR) is 12.7 cm³/mol. The molecule has 0 spiro atoms. The van der Waals surface area contributed by atoms with Gasteiger partial charge in [-0.1, -0.05) is 0 Å². The van der Waals surface area contributed by atoms with E-state index >= 15 is 0 Å². The Morgan fingerprint density at radius 1 is 1.40 bits per heavy atom. The summed E-state index contributed by atoms with van der Waals surface area (Å²) < 4.78 is 0. The first-order valence-electron chi connectivity index (χ1n) is 0.548. The molecule has 2 nitrogen and oxygen atoms in total. The van der Waals surface area contributed by atoms with Crippen molar-refractivity contribution in [3.8, 4) is 0 Å². The van der Waals surface area contributed by atoms with Gasteiger partial charge in [-0.05, 0) is 0 Å². The molecule has 0 saturated carbocycles. The van der Waals surface area contributed by atoms with Crippen molar-refractivity contribution in [2.45, 2.75) is 0 Å². The second kappa shape index (κ2) is 5.39. The Morgan fingerprint density at radius 3 is 1.40 bits per heavy atom. The van der Waals surface area contributed by atoms with Crippen molar-refractivity contribution >= 4 is 22.6 Å². The third kappa shape index (κ3) is 32.1. The zero-order valence-corrected chi connectivity index (χ0v) is 5.74. The van der Waals surface area contributed by atoms with E-state index in [9.17, 15) is 0 Å². The van der Waals surface area contributed by atoms with Gasteiger partial charge in [0.25, 0.3) is 0 Å². The third-order valence-corrected chi connectivity index (χ3v) is 0. The molecule has 0 aliphatic carbocycles. The normalized spacial score (nSPS) is 7.20. The number of hydrogen-bond donors (Lipinski definition) is 0. The van der Waals surface area contributed by atoms with Crippen molar-refractivity contribution in [2.24, 2.45) is 0 Å². The summed E-state index contributed by atoms with van der Waals surface area (Å²) >= 11 is 1.86. The van der Waals surface area contributed by atoms with Gasteiger partial charge in [-0.25, -0.2) is 0 Å². The van der Waals surface area contributed by atoms with Gasteiger partial charge in [-0.2, -0.15) is 0 Å². The number of hydrogen-bond acceptors (Lipinski definition) is 2. The van der Waals surface area contributed by atoms with Crippen LogP contribution in [0.15, 0.2) is 0 Å². The van der Waals surface area contributed by atoms with Crippen LogP contribution in [-0.2, 0) is 17.1 Å². The molecular weight excluding hydrogens is 198 g/mol. The molecule has 31 valence electrons. The predicted octanol–water partition coefficient (Wildman–Crippen LogP) is -1.90. The van der Waals surface area contributed by atoms with Crippen LogP contribution in [0.25, 0.3) is 0 Å². The van der Waals surface area contributed by atoms with E-state index in [4.69, 9.17) is 9.79 Å². The maximum atomic E-state index is 8.98. The molecule has 0 aliphatic heterocycles. The van der Waals surface area contributed by atoms with Crippen molar-refractivity contribution in [3.05, 3.63) is 0 Å². The SMILES string of the molecule is [Fe+3].[O-]P([O-])[Se-]. The van der Waals surface area contributed by atoms with Crippen molar-refractivity contribution in [3.63, 3.8) is 0 Å². The van der Waals surface area contributed by atoms with Gasteiger partial charge in [0.15, 0.2) is 0 Å². The van der Waals surface area contributed by atoms with Gasteiger partial charge < -0.3 is 0 Å². The van der Waals surface area contributed by atoms with Crippen LogP contribution < -0.4 is 9.79 Å². The van der Waals surface area contributed by atoms with Crippen LogP contribution in [0.2, 0.25) is 0 Å². The van der Waals surface area contributed by atoms with Crippen molar-refractivity contribution in [1.82, 2.24) is 0 Å². The van der Waals surface area contributed by atoms with E-state index in [0.29, 0.717) is 0 Å². The standard InChI is InChI=1S/Fe.O2PSe/c;1-3(2)4/q+3;-3. The molecule has 0 atom stereocenters. The monoisotopic (exact) mass is 199 g/mol. The first kappa shape index (κ1) is 9.63. The van der Waals surface area contributed by atoms with E-state index < -0.39 is 7.07 Å². The molecule has 5 heteroatoms. The van der Waals surface area contributed by atoms with Crippen molar-refractivity contribution in [2.75, 3.05) is 0 Å². The molecule has 0 heterocycles. The third-order valence-electron chi connectivity index (χ3n) is 0. The molecule has 0 aromatic rings. The Labute approximate surface area is 49.8 Å². The van der Waals surface area contributed by atoms with Crippen LogP contribution in [0.5, 0.6) is 0 Å². The molecule has 0 bridgehead atoms. The molecule has 0 fully saturated rings. The van der Waals surface area contributed by atoms with Gasteiger partial charge in [0.05, 0.1) is 0 Å². The second-order valence-electron chi connectivity index (χ2n) is 0.224. The van der Waals surface area contributed by atoms with Gasteiger partial charge in [0, 0.05) is 0 Å². The summed E-state index contributed by atoms with van der Waals surface area (Å²) in [6.07, 6.45) is 0. The zero-order valence-electron chi connectivity index (χ0n) is 2.03. The first-order valence-corrected chi connectivity index (χ1v) is 3.94. The number of rotatable bonds is 0. The summed E-state index contributed by atoms with van der Waals surface area (Å²) in [5.74, 6) is 0. The van der Waals surface area contributed by atoms with E-state index in [1.165, 1.54) is 0 Å². The second-order valence-corrected chi connectivity index (χ2v) is 2.55. The molecule has 1 radical (unpaired) electrons. The van der Waals surface area contributed by atoms with Gasteiger partial charge in [0.1, 0.15) is 0 Å². The molecule has 0 aromatic carbocycles. The zero-order chi connectivity index (χ0) is 3.58. The summed E-state index contributed by atoms with van der Waals surface area (Å²) in [5, 5.41) is 0. The average Bonchev–Trinajstić information content (AvgIpc) is 0.811. The Morgan fingerprint density at radius 2 is 1.40 bits per heavy atom. The van der Waals surface area contributed by atoms with E-state index in [1.54, 1.807) is 0 Å². The van der Waals surface area contributed by atoms with E-state index in [-0.39, 0.29) is 17.1 Å². The van der Waals surface area contributed by atoms with Crippen molar-refractivity contribution in [1.29, 1.82) is 0 Å². The molecule has 0 aromatic heterocycles. The van der Waals surface area contributed by atoms with E-state index in [1.807, 2.05) is 15.6 Å². The van der Waals surface area contributed by atoms with Gasteiger partial charge in [-0.15, -0.1) is 0 Å². The Kier molecular flexibility index (Phi) is 10.4. The van der Waals surface area contributed by atoms with Crippen molar-refractivity contribution < 1.29 is 26.9 Å². The van der Waals surface area contributed by atoms with Crippen LogP contribution in [0.3, 0.4) is 0 Å². The summed E-state index contributed by atoms with van der Waals surface area (Å²) in [6.45, 7) is 0. The van der Waals surface area contributed by atoms with Crippen LogP contribution in [0.1, 0.15) is 0 Å². The fraction of sp³-hybridized carbons (Fsp3) is 0. The fourth-order valence-electron chi connectivity index (χ4n) is 0.